The first kappa shape index (κ1) is 27.2. The van der Waals surface area contributed by atoms with Crippen LogP contribution in [-0.4, -0.2) is 49.5 Å². The van der Waals surface area contributed by atoms with E-state index in [-0.39, 0.29) is 10.7 Å². The van der Waals surface area contributed by atoms with Gasteiger partial charge in [0.2, 0.25) is 0 Å². The molecule has 10 heteroatoms. The van der Waals surface area contributed by atoms with Gasteiger partial charge in [-0.05, 0) is 35.8 Å². The van der Waals surface area contributed by atoms with Gasteiger partial charge in [-0.25, -0.2) is 9.97 Å². The Morgan fingerprint density at radius 2 is 1.81 bits per heavy atom. The number of hydrogen-bond acceptors (Lipinski definition) is 7. The Balaban J connectivity index is 1.75. The van der Waals surface area contributed by atoms with Crippen LogP contribution >= 0.6 is 11.6 Å². The highest BCUT2D eigenvalue weighted by Gasteiger charge is 2.37. The Bertz CT molecular complexity index is 1290. The molecular formula is C27H33ClN4O4Si. The molecule has 1 fully saturated rings. The fourth-order valence-electron chi connectivity index (χ4n) is 3.74. The lowest BCUT2D eigenvalue weighted by molar-refractivity contribution is -0.384. The summed E-state index contributed by atoms with van der Waals surface area (Å²) in [5.41, 5.74) is 3.06. The van der Waals surface area contributed by atoms with Crippen molar-refractivity contribution in [2.24, 2.45) is 0 Å². The van der Waals surface area contributed by atoms with Crippen LogP contribution in [0.1, 0.15) is 26.3 Å². The monoisotopic (exact) mass is 540 g/mol. The fraction of sp³-hybridized carbons (Fsp3) is 0.407. The van der Waals surface area contributed by atoms with Crippen molar-refractivity contribution in [2.45, 2.75) is 45.5 Å². The molecule has 37 heavy (non-hydrogen) atoms. The quantitative estimate of drug-likeness (QED) is 0.186. The number of rotatable bonds is 7. The second-order valence-corrected chi connectivity index (χ2v) is 15.9. The zero-order valence-corrected chi connectivity index (χ0v) is 23.7. The molecule has 0 bridgehead atoms. The highest BCUT2D eigenvalue weighted by molar-refractivity contribution is 6.74. The van der Waals surface area contributed by atoms with E-state index in [4.69, 9.17) is 30.7 Å². The van der Waals surface area contributed by atoms with E-state index in [1.54, 1.807) is 12.1 Å². The van der Waals surface area contributed by atoms with Crippen molar-refractivity contribution in [3.8, 4) is 22.6 Å². The Morgan fingerprint density at radius 3 is 2.49 bits per heavy atom. The molecule has 2 heterocycles. The number of anilines is 1. The van der Waals surface area contributed by atoms with Gasteiger partial charge < -0.3 is 14.1 Å². The third kappa shape index (κ3) is 6.35. The summed E-state index contributed by atoms with van der Waals surface area (Å²) in [5.74, 6) is 1.18. The number of nitro groups is 1. The number of morpholine rings is 1. The predicted molar refractivity (Wildman–Crippen MR) is 150 cm³/mol. The molecule has 196 valence electrons. The summed E-state index contributed by atoms with van der Waals surface area (Å²) in [6, 6.07) is 14.2. The molecule has 0 atom stereocenters. The summed E-state index contributed by atoms with van der Waals surface area (Å²) in [4.78, 5) is 22.7. The van der Waals surface area contributed by atoms with E-state index in [9.17, 15) is 10.1 Å². The van der Waals surface area contributed by atoms with Crippen molar-refractivity contribution in [3.63, 3.8) is 0 Å². The van der Waals surface area contributed by atoms with Crippen molar-refractivity contribution in [3.05, 3.63) is 69.2 Å². The summed E-state index contributed by atoms with van der Waals surface area (Å²) < 4.78 is 11.9. The number of hydrogen-bond donors (Lipinski definition) is 0. The van der Waals surface area contributed by atoms with E-state index in [0.29, 0.717) is 55.0 Å². The van der Waals surface area contributed by atoms with Crippen molar-refractivity contribution >= 4 is 31.4 Å². The Hall–Kier alpha value is -2.85. The number of benzene rings is 2. The van der Waals surface area contributed by atoms with Crippen molar-refractivity contribution in [1.29, 1.82) is 0 Å². The number of ether oxygens (including phenoxy) is 1. The van der Waals surface area contributed by atoms with Gasteiger partial charge in [0.15, 0.2) is 14.1 Å². The van der Waals surface area contributed by atoms with Crippen LogP contribution in [0.25, 0.3) is 22.6 Å². The zero-order chi connectivity index (χ0) is 26.8. The summed E-state index contributed by atoms with van der Waals surface area (Å²) in [5, 5.41) is 12.1. The third-order valence-corrected chi connectivity index (χ3v) is 11.9. The standard InChI is InChI=1S/C27H33ClN4O4Si/c1-27(2,3)37(4,5)36-18-21-15-19(9-10-23(21)28)24-17-25(31-11-13-35-14-12-31)30-26(29-24)20-7-6-8-22(16-20)32(33)34/h6-10,15-17H,11-14,18H2,1-5H3. The van der Waals surface area contributed by atoms with E-state index in [2.05, 4.69) is 38.8 Å². The lowest BCUT2D eigenvalue weighted by Gasteiger charge is -2.36. The van der Waals surface area contributed by atoms with E-state index in [1.165, 1.54) is 12.1 Å². The van der Waals surface area contributed by atoms with E-state index in [1.807, 2.05) is 24.3 Å². The van der Waals surface area contributed by atoms with Gasteiger partial charge in [-0.15, -0.1) is 0 Å². The number of non-ortho nitro benzene ring substituents is 1. The maximum Gasteiger partial charge on any atom is 0.270 e. The van der Waals surface area contributed by atoms with Crippen LogP contribution in [0.5, 0.6) is 0 Å². The van der Waals surface area contributed by atoms with Crippen LogP contribution in [0, 0.1) is 10.1 Å². The van der Waals surface area contributed by atoms with Gasteiger partial charge in [-0.3, -0.25) is 10.1 Å². The number of aromatic nitrogens is 2. The molecule has 0 amide bonds. The lowest BCUT2D eigenvalue weighted by Crippen LogP contribution is -2.40. The predicted octanol–water partition coefficient (Wildman–Crippen LogP) is 6.73. The van der Waals surface area contributed by atoms with Gasteiger partial charge >= 0.3 is 0 Å². The van der Waals surface area contributed by atoms with Crippen LogP contribution in [0.4, 0.5) is 11.5 Å². The molecule has 1 aromatic heterocycles. The molecular weight excluding hydrogens is 508 g/mol. The first-order valence-electron chi connectivity index (χ1n) is 12.3. The molecule has 0 unspecified atom stereocenters. The van der Waals surface area contributed by atoms with E-state index >= 15 is 0 Å². The molecule has 1 saturated heterocycles. The van der Waals surface area contributed by atoms with E-state index < -0.39 is 13.2 Å². The number of nitro benzene ring substituents is 1. The molecule has 4 rings (SSSR count). The maximum atomic E-state index is 11.4. The molecule has 0 radical (unpaired) electrons. The van der Waals surface area contributed by atoms with Crippen LogP contribution < -0.4 is 4.90 Å². The first-order valence-corrected chi connectivity index (χ1v) is 15.6. The first-order chi connectivity index (χ1) is 17.4. The van der Waals surface area contributed by atoms with Crippen LogP contribution in [0.15, 0.2) is 48.5 Å². The van der Waals surface area contributed by atoms with E-state index in [0.717, 1.165) is 16.9 Å². The Morgan fingerprint density at radius 1 is 1.08 bits per heavy atom. The van der Waals surface area contributed by atoms with Crippen LogP contribution in [0.2, 0.25) is 23.2 Å². The van der Waals surface area contributed by atoms with Gasteiger partial charge in [-0.1, -0.05) is 50.6 Å². The minimum atomic E-state index is -1.96. The highest BCUT2D eigenvalue weighted by atomic mass is 35.5. The zero-order valence-electron chi connectivity index (χ0n) is 22.0. The summed E-state index contributed by atoms with van der Waals surface area (Å²) in [7, 11) is -1.96. The molecule has 2 aromatic carbocycles. The minimum absolute atomic E-state index is 0.00372. The molecule has 0 saturated carbocycles. The second-order valence-electron chi connectivity index (χ2n) is 10.7. The third-order valence-electron chi connectivity index (χ3n) is 7.10. The second kappa shape index (κ2) is 10.9. The van der Waals surface area contributed by atoms with Crippen molar-refractivity contribution in [2.75, 3.05) is 31.2 Å². The van der Waals surface area contributed by atoms with Crippen molar-refractivity contribution in [1.82, 2.24) is 9.97 Å². The molecule has 8 nitrogen and oxygen atoms in total. The largest absolute Gasteiger partial charge is 0.413 e. The van der Waals surface area contributed by atoms with Gasteiger partial charge in [-0.2, -0.15) is 0 Å². The Labute approximate surface area is 223 Å². The normalized spacial score (nSPS) is 14.6. The van der Waals surface area contributed by atoms with Crippen LogP contribution in [0.3, 0.4) is 0 Å². The molecule has 1 aliphatic rings. The SMILES string of the molecule is CC(C)(C)[Si](C)(C)OCc1cc(-c2cc(N3CCOCC3)nc(-c3cccc([N+](=O)[O-])c3)n2)ccc1Cl. The number of nitrogens with zero attached hydrogens (tertiary/aromatic N) is 4. The molecule has 3 aromatic rings. The van der Waals surface area contributed by atoms with Gasteiger partial charge in [0, 0.05) is 47.4 Å². The van der Waals surface area contributed by atoms with Gasteiger partial charge in [0.25, 0.3) is 5.69 Å². The smallest absolute Gasteiger partial charge is 0.270 e. The van der Waals surface area contributed by atoms with Gasteiger partial charge in [0.1, 0.15) is 5.82 Å². The molecule has 0 aliphatic carbocycles. The van der Waals surface area contributed by atoms with Crippen LogP contribution in [-0.2, 0) is 15.8 Å². The maximum absolute atomic E-state index is 11.4. The number of halogens is 1. The average Bonchev–Trinajstić information content (AvgIpc) is 2.88. The lowest BCUT2D eigenvalue weighted by atomic mass is 10.1. The fourth-order valence-corrected chi connectivity index (χ4v) is 4.87. The average molecular weight is 541 g/mol. The van der Waals surface area contributed by atoms with Gasteiger partial charge in [0.05, 0.1) is 30.4 Å². The molecule has 1 aliphatic heterocycles. The summed E-state index contributed by atoms with van der Waals surface area (Å²) in [6.45, 7) is 14.1. The molecule has 0 N–H and O–H groups in total. The topological polar surface area (TPSA) is 90.6 Å². The van der Waals surface area contributed by atoms with Crippen molar-refractivity contribution < 1.29 is 14.1 Å². The Kier molecular flexibility index (Phi) is 7.98. The highest BCUT2D eigenvalue weighted by Crippen LogP contribution is 2.38. The molecule has 0 spiro atoms. The minimum Gasteiger partial charge on any atom is -0.413 e. The summed E-state index contributed by atoms with van der Waals surface area (Å²) >= 11 is 6.57. The summed E-state index contributed by atoms with van der Waals surface area (Å²) in [6.07, 6.45) is 0.